The lowest BCUT2D eigenvalue weighted by atomic mass is 9.97. The Labute approximate surface area is 775 Å². The van der Waals surface area contributed by atoms with E-state index in [1.54, 1.807) is 128 Å². The average molecular weight is 1800 g/mol. The molecule has 0 fully saturated rings. The molecule has 3 aliphatic rings. The monoisotopic (exact) mass is 1800 g/mol. The number of urea groups is 2. The Kier molecular flexibility index (Phi) is 36.0. The van der Waals surface area contributed by atoms with Crippen molar-refractivity contribution < 1.29 is 43.0 Å². The van der Waals surface area contributed by atoms with Gasteiger partial charge in [-0.05, 0) is 178 Å². The van der Waals surface area contributed by atoms with Crippen LogP contribution in [0.1, 0.15) is 225 Å². The summed E-state index contributed by atoms with van der Waals surface area (Å²) in [4.78, 5) is 153. The molecule has 0 spiro atoms. The van der Waals surface area contributed by atoms with Gasteiger partial charge in [0.05, 0.1) is 79.2 Å². The zero-order chi connectivity index (χ0) is 97.1. The molecule has 0 saturated heterocycles. The number of aliphatic imine (C=N–C) groups is 1. The van der Waals surface area contributed by atoms with Crippen molar-refractivity contribution in [2.45, 2.75) is 206 Å². The number of fused-ring (bicyclic) bond motifs is 3. The van der Waals surface area contributed by atoms with E-state index in [4.69, 9.17) is 9.47 Å². The number of rotatable bonds is 23. The number of imidazole rings is 3. The second kappa shape index (κ2) is 47.3. The van der Waals surface area contributed by atoms with Crippen LogP contribution in [-0.2, 0) is 41.9 Å². The predicted octanol–water partition coefficient (Wildman–Crippen LogP) is 17.7. The molecule has 0 unspecified atom stereocenters. The third-order valence-electron chi connectivity index (χ3n) is 20.4. The lowest BCUT2D eigenvalue weighted by Crippen LogP contribution is -2.43. The molecule has 5 amide bonds. The zero-order valence-electron chi connectivity index (χ0n) is 79.0. The van der Waals surface area contributed by atoms with Gasteiger partial charge in [0.2, 0.25) is 17.7 Å². The van der Waals surface area contributed by atoms with Gasteiger partial charge in [-0.2, -0.15) is 19.9 Å². The van der Waals surface area contributed by atoms with Crippen LogP contribution in [0.3, 0.4) is 0 Å². The molecule has 5 aromatic carbocycles. The van der Waals surface area contributed by atoms with Gasteiger partial charge in [0.25, 0.3) is 0 Å². The minimum Gasteiger partial charge on any atom is -0.471 e. The maximum absolute atomic E-state index is 12.6. The molecular weight excluding hydrogens is 1680 g/mol. The number of esters is 1. The Balaban J connectivity index is 0.000000182. The highest BCUT2D eigenvalue weighted by Crippen LogP contribution is 2.30. The van der Waals surface area contributed by atoms with Crippen molar-refractivity contribution in [2.24, 2.45) is 10.4 Å². The molecule has 32 nitrogen and oxygen atoms in total. The molecule has 3 aliphatic heterocycles. The van der Waals surface area contributed by atoms with Crippen LogP contribution in [0.5, 0.6) is 11.6 Å². The first kappa shape index (κ1) is 101. The van der Waals surface area contributed by atoms with E-state index in [1.807, 2.05) is 212 Å². The Morgan fingerprint density at radius 3 is 1.53 bits per heavy atom. The van der Waals surface area contributed by atoms with E-state index in [0.717, 1.165) is 45.1 Å². The number of ether oxygens (including phenoxy) is 2. The maximum atomic E-state index is 12.6. The number of hydrogen-bond donors (Lipinski definition) is 4. The summed E-state index contributed by atoms with van der Waals surface area (Å²) in [5.41, 5.74) is 11.6. The quantitative estimate of drug-likeness (QED) is 0.0262. The van der Waals surface area contributed by atoms with Gasteiger partial charge in [-0.25, -0.2) is 49.1 Å². The van der Waals surface area contributed by atoms with Crippen LogP contribution in [0, 0.1) is 12.3 Å². The highest BCUT2D eigenvalue weighted by molar-refractivity contribution is 5.99. The molecule has 12 aromatic rings. The summed E-state index contributed by atoms with van der Waals surface area (Å²) in [5.74, 6) is 1.21. The fourth-order valence-electron chi connectivity index (χ4n) is 12.8. The lowest BCUT2D eigenvalue weighted by molar-refractivity contribution is -0.143. The van der Waals surface area contributed by atoms with E-state index in [1.165, 1.54) is 10.9 Å². The molecule has 0 aliphatic carbocycles. The first-order chi connectivity index (χ1) is 63.1. The van der Waals surface area contributed by atoms with E-state index < -0.39 is 5.41 Å². The van der Waals surface area contributed by atoms with Gasteiger partial charge >= 0.3 is 29.4 Å². The van der Waals surface area contributed by atoms with Crippen LogP contribution >= 0.6 is 0 Å². The van der Waals surface area contributed by atoms with Crippen LogP contribution < -0.4 is 42.1 Å². The number of carbonyl (C=O) groups excluding carboxylic acids is 7. The number of nitrogens with one attached hydrogen (secondary N) is 4. The topological polar surface area (TPSA) is 380 Å². The van der Waals surface area contributed by atoms with Crippen molar-refractivity contribution in [1.29, 1.82) is 0 Å². The Hall–Kier alpha value is -15.4. The van der Waals surface area contributed by atoms with Crippen molar-refractivity contribution >= 4 is 87.4 Å². The van der Waals surface area contributed by atoms with Crippen LogP contribution in [0.15, 0.2) is 259 Å². The number of aryl methyl sites for hydroxylation is 1. The Morgan fingerprint density at radius 1 is 0.481 bits per heavy atom. The minimum atomic E-state index is -0.590. The summed E-state index contributed by atoms with van der Waals surface area (Å²) in [6.45, 7) is 48.5. The van der Waals surface area contributed by atoms with Gasteiger partial charge < -0.3 is 39.1 Å². The summed E-state index contributed by atoms with van der Waals surface area (Å²) >= 11 is 0. The average Bonchev–Trinajstić information content (AvgIpc) is 1.63. The van der Waals surface area contributed by atoms with Crippen molar-refractivity contribution in [3.63, 3.8) is 0 Å². The van der Waals surface area contributed by atoms with Gasteiger partial charge in [-0.3, -0.25) is 48.2 Å². The van der Waals surface area contributed by atoms with E-state index in [9.17, 15) is 43.2 Å². The van der Waals surface area contributed by atoms with Gasteiger partial charge in [0.15, 0.2) is 40.0 Å². The number of nitrogens with zero attached hydrogens (tertiary/aromatic N) is 17. The molecular formula is C101H119N21O11. The molecule has 10 heterocycles. The number of benzene rings is 5. The molecule has 0 bridgehead atoms. The largest absolute Gasteiger partial charge is 0.471 e. The minimum absolute atomic E-state index is 0.0251. The fourth-order valence-corrected chi connectivity index (χ4v) is 12.8. The molecule has 32 heteroatoms. The van der Waals surface area contributed by atoms with Crippen LogP contribution in [0.4, 0.5) is 21.4 Å². The van der Waals surface area contributed by atoms with Gasteiger partial charge in [0, 0.05) is 95.2 Å². The number of carbonyl (C=O) groups is 7. The van der Waals surface area contributed by atoms with E-state index in [0.29, 0.717) is 73.6 Å². The number of ketones is 3. The lowest BCUT2D eigenvalue weighted by Gasteiger charge is -2.28. The molecule has 694 valence electrons. The molecule has 7 aromatic heterocycles. The highest BCUT2D eigenvalue weighted by atomic mass is 16.5. The number of aromatic nitrogens is 14. The summed E-state index contributed by atoms with van der Waals surface area (Å²) in [5, 5.41) is 11.0. The number of allylic oxidation sites excluding steroid dienone is 2. The molecule has 4 N–H and O–H groups in total. The third-order valence-corrected chi connectivity index (χ3v) is 20.4. The third kappa shape index (κ3) is 28.8. The first-order valence-electron chi connectivity index (χ1n) is 43.7. The fraction of sp³-hybridized carbons (Fsp3) is 0.317. The smallest absolute Gasteiger partial charge is 0.348 e. The normalized spacial score (nSPS) is 12.6. The summed E-state index contributed by atoms with van der Waals surface area (Å²) in [7, 11) is 0. The zero-order valence-corrected chi connectivity index (χ0v) is 79.0. The number of amides is 5. The first-order valence-corrected chi connectivity index (χ1v) is 43.7. The number of anilines is 1. The predicted molar refractivity (Wildman–Crippen MR) is 517 cm³/mol. The second-order valence-electron chi connectivity index (χ2n) is 34.3. The van der Waals surface area contributed by atoms with Crippen LogP contribution in [0.25, 0.3) is 28.0 Å². The number of hydrogen-bond acceptors (Lipinski definition) is 22. The van der Waals surface area contributed by atoms with E-state index >= 15 is 0 Å². The van der Waals surface area contributed by atoms with E-state index in [-0.39, 0.29) is 133 Å². The van der Waals surface area contributed by atoms with Crippen molar-refractivity contribution in [2.75, 3.05) is 5.32 Å². The Bertz CT molecular complexity index is 6340. The molecule has 15 rings (SSSR count). The van der Waals surface area contributed by atoms with Crippen molar-refractivity contribution in [3.8, 4) is 11.6 Å². The highest BCUT2D eigenvalue weighted by Gasteiger charge is 2.27. The number of Topliss-reactive ketones (excluding diaryl/α,β-unsaturated/α-hetero) is 3. The van der Waals surface area contributed by atoms with Gasteiger partial charge in [-0.15, -0.1) is 0 Å². The molecule has 0 atom stereocenters. The van der Waals surface area contributed by atoms with Crippen LogP contribution in [0.2, 0.25) is 0 Å². The summed E-state index contributed by atoms with van der Waals surface area (Å²) < 4.78 is 20.5. The van der Waals surface area contributed by atoms with Gasteiger partial charge in [-0.1, -0.05) is 153 Å². The molecule has 0 radical (unpaired) electrons. The standard InChI is InChI=1S/C28H31N5O4.C16H16N4O.C16H18N2O2.C15H16N2O2.C9H12N4.C9H14N2O.C8H12N2O/c1-18(2)33-17-29-23-24(33)31-27(30-22(34)15-19-9-7-6-8-10-19)32-25(23)36-16-20-11-13-21(14-12-20)37-26(35)28(3,4)5;1-11(2)20-10-19-15-13(17-9-18-16(15)20)8-14(21)12-6-4-3-5-7-12;1-11(2)18-10-12(3)14(17-16(18)20)9-15(19)13-7-5-4-6-8-13;1-11(2)17-9-8-13(16-15(17)19)10-14(18)12-6-4-3-5-7-12;1-6(2)13-5-12-8-7(3)10-4-11-9(8)13;1-6(2)11-5-7(3)8(4)10-9(11)12;1-6(2)10-5-4-7(3)9-8(10)11/h6-14,17-18H,15-16H2,1-5H3,(H,30,31,32,34);3-7,9-11H,8H2,1-2H3;4-8,10-11H,9H2,1-3H3;3-9,11H,10H2,1-2H3;4-6H,3H2,1-2H3,(H,10,11);5-6H,4H2,1-3H3,(H,10,12);4-6H,3H2,1-2H3,(H,9,11). The summed E-state index contributed by atoms with van der Waals surface area (Å²) in [6, 6.07) is 46.6. The molecule has 0 saturated carbocycles. The van der Waals surface area contributed by atoms with Crippen molar-refractivity contribution in [3.05, 3.63) is 322 Å². The SMILES string of the molecule is C=C1C=CN(C(C)C)C(=O)N1.C=C1NC(=O)N(C(C)C)C=C1C.C=C1NC=Nc2c1ncn2C(C)C.CC(C)n1ccc(CC(=O)c2ccccc2)nc1=O.CC(C)n1cnc2c(CC(=O)c3ccccc3)ncnc21.CC(C)n1cnc2c(OCc3ccc(OC(=O)C(C)(C)C)cc3)nc(NC(=O)Cc3ccccc3)nc21.Cc1cn(C(C)C)c(=O)nc1CC(=O)c1ccccc1. The second-order valence-corrected chi connectivity index (χ2v) is 34.3. The molecule has 133 heavy (non-hydrogen) atoms. The van der Waals surface area contributed by atoms with Crippen LogP contribution in [-0.4, -0.2) is 137 Å². The summed E-state index contributed by atoms with van der Waals surface area (Å²) in [6.07, 6.45) is 17.9. The maximum Gasteiger partial charge on any atom is 0.348 e. The van der Waals surface area contributed by atoms with Gasteiger partial charge in [0.1, 0.15) is 29.9 Å². The van der Waals surface area contributed by atoms with Crippen molar-refractivity contribution in [1.82, 2.24) is 93.4 Å². The van der Waals surface area contributed by atoms with E-state index in [2.05, 4.69) is 119 Å². The Morgan fingerprint density at radius 2 is 0.992 bits per heavy atom.